The van der Waals surface area contributed by atoms with E-state index in [1.54, 1.807) is 35.2 Å². The largest absolute Gasteiger partial charge is 0.490 e. The van der Waals surface area contributed by atoms with Crippen molar-refractivity contribution in [2.45, 2.75) is 18.9 Å². The molecule has 2 amide bonds. The number of hydrogen-bond acceptors (Lipinski definition) is 6. The zero-order chi connectivity index (χ0) is 21.7. The molecule has 1 unspecified atom stereocenters. The summed E-state index contributed by atoms with van der Waals surface area (Å²) in [7, 11) is 1.49. The van der Waals surface area contributed by atoms with Crippen molar-refractivity contribution < 1.29 is 23.8 Å². The highest BCUT2D eigenvalue weighted by Crippen LogP contribution is 2.27. The summed E-state index contributed by atoms with van der Waals surface area (Å²) < 4.78 is 16.9. The second-order valence-corrected chi connectivity index (χ2v) is 7.60. The Morgan fingerprint density at radius 1 is 1.33 bits per heavy atom. The van der Waals surface area contributed by atoms with Gasteiger partial charge in [-0.25, -0.2) is 4.98 Å². The number of carbonyl (C=O) groups excluding carboxylic acids is 2. The lowest BCUT2D eigenvalue weighted by Gasteiger charge is -2.42. The maximum Gasteiger partial charge on any atom is 0.254 e. The molecule has 8 nitrogen and oxygen atoms in total. The average Bonchev–Trinajstić information content (AvgIpc) is 2.74. The summed E-state index contributed by atoms with van der Waals surface area (Å²) in [6, 6.07) is 8.46. The Bertz CT molecular complexity index is 939. The van der Waals surface area contributed by atoms with Crippen molar-refractivity contribution >= 4 is 23.4 Å². The summed E-state index contributed by atoms with van der Waals surface area (Å²) >= 11 is 6.06. The van der Waals surface area contributed by atoms with Gasteiger partial charge in [-0.05, 0) is 36.8 Å². The van der Waals surface area contributed by atoms with E-state index in [9.17, 15) is 9.59 Å². The number of carbonyl (C=O) groups is 2. The van der Waals surface area contributed by atoms with Crippen LogP contribution in [0.5, 0.6) is 11.6 Å². The number of halogens is 1. The highest BCUT2D eigenvalue weighted by molar-refractivity contribution is 6.31. The number of aromatic nitrogens is 1. The first-order valence-corrected chi connectivity index (χ1v) is 9.80. The number of morpholine rings is 1. The fourth-order valence-corrected chi connectivity index (χ4v) is 3.46. The molecule has 160 valence electrons. The minimum Gasteiger partial charge on any atom is -0.490 e. The van der Waals surface area contributed by atoms with Gasteiger partial charge < -0.3 is 24.8 Å². The number of pyridine rings is 1. The molecule has 0 bridgehead atoms. The Hall–Kier alpha value is -2.84. The molecule has 2 N–H and O–H groups in total. The molecule has 1 fully saturated rings. The van der Waals surface area contributed by atoms with Crippen LogP contribution < -0.4 is 15.2 Å². The van der Waals surface area contributed by atoms with Crippen molar-refractivity contribution in [3.63, 3.8) is 0 Å². The lowest BCUT2D eigenvalue weighted by Crippen LogP contribution is -2.58. The van der Waals surface area contributed by atoms with Crippen LogP contribution in [0.4, 0.5) is 0 Å². The van der Waals surface area contributed by atoms with E-state index in [-0.39, 0.29) is 32.1 Å². The second kappa shape index (κ2) is 9.32. The third-order valence-electron chi connectivity index (χ3n) is 4.85. The molecule has 0 radical (unpaired) electrons. The van der Waals surface area contributed by atoms with E-state index in [0.29, 0.717) is 28.8 Å². The van der Waals surface area contributed by atoms with Gasteiger partial charge in [-0.15, -0.1) is 0 Å². The van der Waals surface area contributed by atoms with E-state index >= 15 is 0 Å². The molecule has 0 spiro atoms. The lowest BCUT2D eigenvalue weighted by molar-refractivity contribution is -0.142. The fourth-order valence-electron chi connectivity index (χ4n) is 3.34. The predicted octanol–water partition coefficient (Wildman–Crippen LogP) is 2.22. The van der Waals surface area contributed by atoms with Crippen LogP contribution in [-0.4, -0.2) is 60.7 Å². The lowest BCUT2D eigenvalue weighted by atomic mass is 9.97. The van der Waals surface area contributed by atoms with Gasteiger partial charge in [-0.3, -0.25) is 9.59 Å². The van der Waals surface area contributed by atoms with E-state index in [2.05, 4.69) is 4.98 Å². The standard InChI is InChI=1S/C21H24ClN3O5/c1-14-9-16(3-4-17(14)22)29-13-21(11-18(23)26)12-25(7-8-30-21)20(27)15-5-6-24-19(10-15)28-2/h3-6,9-10H,7-8,11-13H2,1-2H3,(H2,23,26). The highest BCUT2D eigenvalue weighted by Gasteiger charge is 2.41. The van der Waals surface area contributed by atoms with Crippen molar-refractivity contribution in [3.8, 4) is 11.6 Å². The van der Waals surface area contributed by atoms with Gasteiger partial charge in [0.05, 0.1) is 26.7 Å². The van der Waals surface area contributed by atoms with Crippen LogP contribution in [0.1, 0.15) is 22.3 Å². The van der Waals surface area contributed by atoms with Gasteiger partial charge in [-0.2, -0.15) is 0 Å². The molecule has 1 aromatic heterocycles. The van der Waals surface area contributed by atoms with Crippen LogP contribution in [0, 0.1) is 6.92 Å². The van der Waals surface area contributed by atoms with Gasteiger partial charge in [0, 0.05) is 29.4 Å². The van der Waals surface area contributed by atoms with Gasteiger partial charge in [0.25, 0.3) is 5.91 Å². The number of hydrogen-bond donors (Lipinski definition) is 1. The predicted molar refractivity (Wildman–Crippen MR) is 111 cm³/mol. The maximum atomic E-state index is 13.0. The van der Waals surface area contributed by atoms with Crippen LogP contribution in [0.15, 0.2) is 36.5 Å². The first-order chi connectivity index (χ1) is 14.3. The van der Waals surface area contributed by atoms with Crippen molar-refractivity contribution in [2.75, 3.05) is 33.4 Å². The van der Waals surface area contributed by atoms with E-state index in [1.165, 1.54) is 13.3 Å². The van der Waals surface area contributed by atoms with E-state index in [1.807, 2.05) is 6.92 Å². The molecule has 1 atom stereocenters. The molecular formula is C21H24ClN3O5. The molecule has 2 aromatic rings. The zero-order valence-corrected chi connectivity index (χ0v) is 17.6. The average molecular weight is 434 g/mol. The number of amides is 2. The van der Waals surface area contributed by atoms with Crippen LogP contribution in [0.25, 0.3) is 0 Å². The Labute approximate surface area is 179 Å². The third kappa shape index (κ3) is 5.20. The number of nitrogens with two attached hydrogens (primary N) is 1. The quantitative estimate of drug-likeness (QED) is 0.718. The van der Waals surface area contributed by atoms with Gasteiger partial charge in [0.2, 0.25) is 11.8 Å². The Morgan fingerprint density at radius 3 is 2.83 bits per heavy atom. The summed E-state index contributed by atoms with van der Waals surface area (Å²) in [5.74, 6) is 0.187. The molecule has 30 heavy (non-hydrogen) atoms. The van der Waals surface area contributed by atoms with Crippen molar-refractivity contribution in [1.82, 2.24) is 9.88 Å². The van der Waals surface area contributed by atoms with Crippen LogP contribution in [0.2, 0.25) is 5.02 Å². The highest BCUT2D eigenvalue weighted by atomic mass is 35.5. The zero-order valence-electron chi connectivity index (χ0n) is 16.9. The Morgan fingerprint density at radius 2 is 2.13 bits per heavy atom. The smallest absolute Gasteiger partial charge is 0.254 e. The molecule has 0 saturated carbocycles. The summed E-state index contributed by atoms with van der Waals surface area (Å²) in [5, 5.41) is 0.632. The van der Waals surface area contributed by atoms with Crippen LogP contribution >= 0.6 is 11.6 Å². The van der Waals surface area contributed by atoms with Crippen molar-refractivity contribution in [3.05, 3.63) is 52.7 Å². The van der Waals surface area contributed by atoms with Crippen LogP contribution in [-0.2, 0) is 9.53 Å². The molecule has 0 aliphatic carbocycles. The van der Waals surface area contributed by atoms with E-state index < -0.39 is 11.5 Å². The Kier molecular flexibility index (Phi) is 6.79. The topological polar surface area (TPSA) is 104 Å². The number of nitrogens with zero attached hydrogens (tertiary/aromatic N) is 2. The molecule has 9 heteroatoms. The number of ether oxygens (including phenoxy) is 3. The first kappa shape index (κ1) is 21.9. The normalized spacial score (nSPS) is 18.7. The number of aryl methyl sites for hydroxylation is 1. The van der Waals surface area contributed by atoms with Gasteiger partial charge >= 0.3 is 0 Å². The minimum absolute atomic E-state index is 0.0560. The summed E-state index contributed by atoms with van der Waals surface area (Å²) in [6.07, 6.45) is 1.43. The molecular weight excluding hydrogens is 410 g/mol. The van der Waals surface area contributed by atoms with Gasteiger partial charge in [-0.1, -0.05) is 11.6 Å². The van der Waals surface area contributed by atoms with Crippen molar-refractivity contribution in [1.29, 1.82) is 0 Å². The fraction of sp³-hybridized carbons (Fsp3) is 0.381. The summed E-state index contributed by atoms with van der Waals surface area (Å²) in [4.78, 5) is 30.4. The van der Waals surface area contributed by atoms with Gasteiger partial charge in [0.15, 0.2) is 0 Å². The first-order valence-electron chi connectivity index (χ1n) is 9.42. The van der Waals surface area contributed by atoms with E-state index in [0.717, 1.165) is 5.56 Å². The molecule has 1 aromatic carbocycles. The Balaban J connectivity index is 1.78. The summed E-state index contributed by atoms with van der Waals surface area (Å²) in [5.41, 5.74) is 5.72. The minimum atomic E-state index is -1.05. The molecule has 2 heterocycles. The van der Waals surface area contributed by atoms with Crippen molar-refractivity contribution in [2.24, 2.45) is 5.73 Å². The summed E-state index contributed by atoms with van der Waals surface area (Å²) in [6.45, 7) is 2.72. The third-order valence-corrected chi connectivity index (χ3v) is 5.28. The number of benzene rings is 1. The molecule has 3 rings (SSSR count). The number of rotatable bonds is 7. The molecule has 1 aliphatic rings. The molecule has 1 aliphatic heterocycles. The number of primary amides is 1. The maximum absolute atomic E-state index is 13.0. The second-order valence-electron chi connectivity index (χ2n) is 7.19. The van der Waals surface area contributed by atoms with Crippen LogP contribution in [0.3, 0.4) is 0 Å². The number of methoxy groups -OCH3 is 1. The monoisotopic (exact) mass is 433 g/mol. The van der Waals surface area contributed by atoms with E-state index in [4.69, 9.17) is 31.5 Å². The van der Waals surface area contributed by atoms with Gasteiger partial charge in [0.1, 0.15) is 18.0 Å². The molecule has 1 saturated heterocycles. The SMILES string of the molecule is COc1cc(C(=O)N2CCOC(COc3ccc(Cl)c(C)c3)(CC(N)=O)C2)ccn1.